The van der Waals surface area contributed by atoms with Crippen molar-refractivity contribution in [3.8, 4) is 0 Å². The second-order valence-corrected chi connectivity index (χ2v) is 5.39. The summed E-state index contributed by atoms with van der Waals surface area (Å²) in [7, 11) is 0. The van der Waals surface area contributed by atoms with Crippen LogP contribution in [-0.2, 0) is 0 Å². The van der Waals surface area contributed by atoms with Crippen LogP contribution in [0.5, 0.6) is 0 Å². The van der Waals surface area contributed by atoms with Gasteiger partial charge in [-0.15, -0.1) is 0 Å². The van der Waals surface area contributed by atoms with Crippen molar-refractivity contribution in [2.24, 2.45) is 0 Å². The molecule has 0 aliphatic carbocycles. The highest BCUT2D eigenvalue weighted by atomic mass is 19.2. The first-order valence-electron chi connectivity index (χ1n) is 6.86. The van der Waals surface area contributed by atoms with Crippen LogP contribution in [0.15, 0.2) is 36.4 Å². The number of halogens is 6. The minimum atomic E-state index is -1.60. The van der Waals surface area contributed by atoms with Gasteiger partial charge in [-0.2, -0.15) is 0 Å². The van der Waals surface area contributed by atoms with Gasteiger partial charge in [-0.05, 0) is 33.7 Å². The van der Waals surface area contributed by atoms with Crippen LogP contribution in [0.1, 0.15) is 0 Å². The van der Waals surface area contributed by atoms with E-state index in [1.807, 2.05) is 0 Å². The molecule has 24 heavy (non-hydrogen) atoms. The summed E-state index contributed by atoms with van der Waals surface area (Å²) in [6, 6.07) is 6.67. The van der Waals surface area contributed by atoms with Crippen LogP contribution in [0.4, 0.5) is 26.3 Å². The summed E-state index contributed by atoms with van der Waals surface area (Å²) in [6.45, 7) is 0. The van der Waals surface area contributed by atoms with Crippen LogP contribution in [0.2, 0.25) is 0 Å². The Morgan fingerprint density at radius 3 is 1.08 bits per heavy atom. The first kappa shape index (κ1) is 14.8. The van der Waals surface area contributed by atoms with Gasteiger partial charge >= 0.3 is 0 Å². The SMILES string of the molecule is Fc1cc2c(ccc3c4cc(F)c(F)c(F)c4ccc23)c(F)c1F. The maximum atomic E-state index is 13.9. The van der Waals surface area contributed by atoms with Gasteiger partial charge in [-0.1, -0.05) is 24.3 Å². The molecule has 0 radical (unpaired) electrons. The number of hydrogen-bond acceptors (Lipinski definition) is 0. The third kappa shape index (κ3) is 1.82. The van der Waals surface area contributed by atoms with Crippen molar-refractivity contribution in [1.82, 2.24) is 0 Å². The normalized spacial score (nSPS) is 11.8. The highest BCUT2D eigenvalue weighted by Crippen LogP contribution is 2.35. The third-order valence-corrected chi connectivity index (χ3v) is 4.10. The Morgan fingerprint density at radius 1 is 0.375 bits per heavy atom. The minimum Gasteiger partial charge on any atom is -0.204 e. The summed E-state index contributed by atoms with van der Waals surface area (Å²) in [5.74, 6) is -8.62. The van der Waals surface area contributed by atoms with Gasteiger partial charge in [-0.25, -0.2) is 26.3 Å². The van der Waals surface area contributed by atoms with Gasteiger partial charge in [0.2, 0.25) is 0 Å². The first-order chi connectivity index (χ1) is 11.4. The van der Waals surface area contributed by atoms with Gasteiger partial charge in [0, 0.05) is 10.8 Å². The molecule has 6 heteroatoms. The Hall–Kier alpha value is -2.76. The molecule has 0 atom stereocenters. The summed E-state index contributed by atoms with van der Waals surface area (Å²) < 4.78 is 81.6. The Labute approximate surface area is 130 Å². The molecular weight excluding hydrogens is 330 g/mol. The van der Waals surface area contributed by atoms with E-state index in [1.165, 1.54) is 24.3 Å². The van der Waals surface area contributed by atoms with Gasteiger partial charge in [0.25, 0.3) is 0 Å². The lowest BCUT2D eigenvalue weighted by Gasteiger charge is -2.10. The molecular formula is C18H6F6. The zero-order valence-corrected chi connectivity index (χ0v) is 11.7. The summed E-state index contributed by atoms with van der Waals surface area (Å²) in [6.07, 6.45) is 0. The fourth-order valence-electron chi connectivity index (χ4n) is 2.97. The lowest BCUT2D eigenvalue weighted by atomic mass is 9.96. The predicted octanol–water partition coefficient (Wildman–Crippen LogP) is 5.98. The third-order valence-electron chi connectivity index (χ3n) is 4.10. The van der Waals surface area contributed by atoms with Crippen molar-refractivity contribution in [2.45, 2.75) is 0 Å². The zero-order chi connectivity index (χ0) is 17.2. The standard InChI is InChI=1S/C18H6F6/c19-13-5-11-7-1-3-9-12(6-14(20)17(23)15(9)21)8(7)2-4-10(11)16(22)18(13)24/h1-6H. The zero-order valence-electron chi connectivity index (χ0n) is 11.7. The predicted molar refractivity (Wildman–Crippen MR) is 78.7 cm³/mol. The monoisotopic (exact) mass is 336 g/mol. The summed E-state index contributed by atoms with van der Waals surface area (Å²) >= 11 is 0. The smallest absolute Gasteiger partial charge is 0.195 e. The molecule has 0 aliphatic rings. The second-order valence-electron chi connectivity index (χ2n) is 5.39. The molecule has 0 bridgehead atoms. The molecule has 0 amide bonds. The first-order valence-corrected chi connectivity index (χ1v) is 6.86. The van der Waals surface area contributed by atoms with Crippen LogP contribution in [0, 0.1) is 34.9 Å². The van der Waals surface area contributed by atoms with Crippen LogP contribution in [0.25, 0.3) is 32.3 Å². The van der Waals surface area contributed by atoms with E-state index < -0.39 is 34.9 Å². The van der Waals surface area contributed by atoms with Gasteiger partial charge in [-0.3, -0.25) is 0 Å². The highest BCUT2D eigenvalue weighted by Gasteiger charge is 2.18. The fourth-order valence-corrected chi connectivity index (χ4v) is 2.97. The largest absolute Gasteiger partial charge is 0.204 e. The van der Waals surface area contributed by atoms with E-state index in [-0.39, 0.29) is 32.3 Å². The van der Waals surface area contributed by atoms with E-state index >= 15 is 0 Å². The molecule has 120 valence electrons. The summed E-state index contributed by atoms with van der Waals surface area (Å²) in [5, 5.41) is 0.311. The maximum Gasteiger partial charge on any atom is 0.195 e. The van der Waals surface area contributed by atoms with E-state index in [9.17, 15) is 26.3 Å². The Bertz CT molecular complexity index is 1070. The molecule has 0 aliphatic heterocycles. The Kier molecular flexibility index (Phi) is 3.00. The Morgan fingerprint density at radius 2 is 0.708 bits per heavy atom. The molecule has 4 aromatic carbocycles. The lowest BCUT2D eigenvalue weighted by Crippen LogP contribution is -1.95. The lowest BCUT2D eigenvalue weighted by molar-refractivity contribution is 0.453. The number of benzene rings is 4. The van der Waals surface area contributed by atoms with E-state index in [1.54, 1.807) is 0 Å². The summed E-state index contributed by atoms with van der Waals surface area (Å²) in [4.78, 5) is 0. The van der Waals surface area contributed by atoms with Crippen LogP contribution >= 0.6 is 0 Å². The molecule has 0 saturated carbocycles. The minimum absolute atomic E-state index is 0.0518. The van der Waals surface area contributed by atoms with Gasteiger partial charge in [0.05, 0.1) is 0 Å². The highest BCUT2D eigenvalue weighted by molar-refractivity contribution is 6.17. The van der Waals surface area contributed by atoms with Gasteiger partial charge in [0.1, 0.15) is 0 Å². The van der Waals surface area contributed by atoms with Crippen LogP contribution in [-0.4, -0.2) is 0 Å². The quantitative estimate of drug-likeness (QED) is 0.210. The fraction of sp³-hybridized carbons (Fsp3) is 0. The Balaban J connectivity index is 2.25. The van der Waals surface area contributed by atoms with Crippen LogP contribution < -0.4 is 0 Å². The maximum absolute atomic E-state index is 13.9. The van der Waals surface area contributed by atoms with Gasteiger partial charge < -0.3 is 0 Å². The molecule has 0 unspecified atom stereocenters. The molecule has 4 rings (SSSR count). The van der Waals surface area contributed by atoms with Crippen LogP contribution in [0.3, 0.4) is 0 Å². The van der Waals surface area contributed by atoms with Crippen molar-refractivity contribution in [2.75, 3.05) is 0 Å². The number of rotatable bonds is 0. The summed E-state index contributed by atoms with van der Waals surface area (Å²) in [5.41, 5.74) is 0. The molecule has 0 nitrogen and oxygen atoms in total. The van der Waals surface area contributed by atoms with Crippen molar-refractivity contribution in [3.63, 3.8) is 0 Å². The molecule has 0 N–H and O–H groups in total. The van der Waals surface area contributed by atoms with E-state index in [0.29, 0.717) is 0 Å². The van der Waals surface area contributed by atoms with Crippen molar-refractivity contribution >= 4 is 32.3 Å². The molecule has 4 aromatic rings. The van der Waals surface area contributed by atoms with E-state index in [0.717, 1.165) is 12.1 Å². The topological polar surface area (TPSA) is 0 Å². The van der Waals surface area contributed by atoms with Crippen molar-refractivity contribution in [1.29, 1.82) is 0 Å². The molecule has 0 spiro atoms. The second kappa shape index (κ2) is 4.87. The number of hydrogen-bond donors (Lipinski definition) is 0. The molecule has 0 aromatic heterocycles. The van der Waals surface area contributed by atoms with Crippen molar-refractivity contribution < 1.29 is 26.3 Å². The van der Waals surface area contributed by atoms with E-state index in [2.05, 4.69) is 0 Å². The van der Waals surface area contributed by atoms with Crippen molar-refractivity contribution in [3.05, 3.63) is 71.3 Å². The molecule has 0 saturated heterocycles. The molecule has 0 fully saturated rings. The van der Waals surface area contributed by atoms with Gasteiger partial charge in [0.15, 0.2) is 34.9 Å². The molecule has 0 heterocycles. The van der Waals surface area contributed by atoms with E-state index in [4.69, 9.17) is 0 Å². The average Bonchev–Trinajstić information content (AvgIpc) is 2.57. The number of fused-ring (bicyclic) bond motifs is 5. The average molecular weight is 336 g/mol.